The molecular weight excluding hydrogens is 339 g/mol. The van der Waals surface area contributed by atoms with E-state index in [0.29, 0.717) is 13.0 Å². The molecule has 1 unspecified atom stereocenters. The fourth-order valence-electron chi connectivity index (χ4n) is 2.90. The van der Waals surface area contributed by atoms with Gasteiger partial charge >= 0.3 is 12.1 Å². The molecule has 1 saturated heterocycles. The number of carboxylic acid groups (broad SMARTS) is 1. The summed E-state index contributed by atoms with van der Waals surface area (Å²) in [5.41, 5.74) is -0.600. The van der Waals surface area contributed by atoms with Crippen molar-refractivity contribution in [1.29, 1.82) is 0 Å². The summed E-state index contributed by atoms with van der Waals surface area (Å²) in [5, 5.41) is 13.0. The lowest BCUT2D eigenvalue weighted by molar-refractivity contribution is -0.145. The van der Waals surface area contributed by atoms with Crippen LogP contribution in [0.15, 0.2) is 28.8 Å². The van der Waals surface area contributed by atoms with E-state index in [1.807, 2.05) is 0 Å². The zero-order valence-corrected chi connectivity index (χ0v) is 13.2. The third-order valence-corrected chi connectivity index (χ3v) is 4.15. The van der Waals surface area contributed by atoms with Crippen LogP contribution in [0.3, 0.4) is 0 Å². The maximum Gasteiger partial charge on any atom is 0.416 e. The molecule has 6 nitrogen and oxygen atoms in total. The fraction of sp³-hybridized carbons (Fsp3) is 0.438. The number of carbonyl (C=O) groups is 1. The van der Waals surface area contributed by atoms with E-state index in [9.17, 15) is 23.1 Å². The van der Waals surface area contributed by atoms with Gasteiger partial charge in [-0.2, -0.15) is 18.2 Å². The average Bonchev–Trinajstić information content (AvgIpc) is 3.03. The van der Waals surface area contributed by atoms with Gasteiger partial charge in [0, 0.05) is 5.56 Å². The van der Waals surface area contributed by atoms with Gasteiger partial charge in [0.2, 0.25) is 11.7 Å². The van der Waals surface area contributed by atoms with E-state index in [1.54, 1.807) is 4.90 Å². The highest BCUT2D eigenvalue weighted by molar-refractivity contribution is 5.73. The Morgan fingerprint density at radius 3 is 2.88 bits per heavy atom. The summed E-state index contributed by atoms with van der Waals surface area (Å²) in [6.07, 6.45) is -2.19. The van der Waals surface area contributed by atoms with Crippen LogP contribution >= 0.6 is 0 Å². The van der Waals surface area contributed by atoms with Gasteiger partial charge in [-0.3, -0.25) is 9.69 Å². The van der Waals surface area contributed by atoms with Gasteiger partial charge in [-0.1, -0.05) is 23.7 Å². The number of aliphatic carboxylic acids is 1. The van der Waals surface area contributed by atoms with Crippen LogP contribution in [0.5, 0.6) is 0 Å². The molecule has 0 amide bonds. The Balaban J connectivity index is 1.77. The van der Waals surface area contributed by atoms with E-state index in [1.165, 1.54) is 12.1 Å². The standard InChI is InChI=1S/C16H16F3N3O3/c17-16(18,19)11-5-3-4-10(8-11)14-20-13(25-21-14)9-22-7-2-1-6-12(22)15(23)24/h3-5,8,12H,1-2,6-7,9H2,(H,23,24). The lowest BCUT2D eigenvalue weighted by atomic mass is 10.0. The van der Waals surface area contributed by atoms with Crippen molar-refractivity contribution in [2.24, 2.45) is 0 Å². The molecule has 1 N–H and O–H groups in total. The first kappa shape index (κ1) is 17.4. The number of hydrogen-bond acceptors (Lipinski definition) is 5. The summed E-state index contributed by atoms with van der Waals surface area (Å²) in [6.45, 7) is 0.751. The molecule has 1 aliphatic heterocycles. The first-order chi connectivity index (χ1) is 11.8. The quantitative estimate of drug-likeness (QED) is 0.907. The third kappa shape index (κ3) is 3.98. The maximum atomic E-state index is 12.8. The Labute approximate surface area is 141 Å². The highest BCUT2D eigenvalue weighted by atomic mass is 19.4. The largest absolute Gasteiger partial charge is 0.480 e. The monoisotopic (exact) mass is 355 g/mol. The molecule has 9 heteroatoms. The van der Waals surface area contributed by atoms with Gasteiger partial charge in [0.15, 0.2) is 0 Å². The summed E-state index contributed by atoms with van der Waals surface area (Å²) < 4.78 is 43.5. The highest BCUT2D eigenvalue weighted by Crippen LogP contribution is 2.31. The number of halogens is 3. The van der Waals surface area contributed by atoms with Gasteiger partial charge < -0.3 is 9.63 Å². The van der Waals surface area contributed by atoms with E-state index >= 15 is 0 Å². The van der Waals surface area contributed by atoms with Crippen molar-refractivity contribution in [2.75, 3.05) is 6.54 Å². The van der Waals surface area contributed by atoms with Crippen LogP contribution in [0.1, 0.15) is 30.7 Å². The van der Waals surface area contributed by atoms with Crippen molar-refractivity contribution in [3.05, 3.63) is 35.7 Å². The van der Waals surface area contributed by atoms with Gasteiger partial charge in [0.05, 0.1) is 12.1 Å². The second-order valence-electron chi connectivity index (χ2n) is 5.91. The van der Waals surface area contributed by atoms with Crippen LogP contribution in [-0.2, 0) is 17.5 Å². The van der Waals surface area contributed by atoms with Gasteiger partial charge in [-0.25, -0.2) is 0 Å². The normalized spacial score (nSPS) is 19.1. The summed E-state index contributed by atoms with van der Waals surface area (Å²) in [5.74, 6) is -0.678. The van der Waals surface area contributed by atoms with Crippen LogP contribution in [0.2, 0.25) is 0 Å². The topological polar surface area (TPSA) is 79.5 Å². The van der Waals surface area contributed by atoms with Crippen molar-refractivity contribution < 1.29 is 27.6 Å². The van der Waals surface area contributed by atoms with Gasteiger partial charge in [0.1, 0.15) is 6.04 Å². The molecule has 3 rings (SSSR count). The lowest BCUT2D eigenvalue weighted by Gasteiger charge is -2.31. The van der Waals surface area contributed by atoms with E-state index in [-0.39, 0.29) is 23.8 Å². The number of piperidine rings is 1. The van der Waals surface area contributed by atoms with Crippen molar-refractivity contribution >= 4 is 5.97 Å². The van der Waals surface area contributed by atoms with Crippen molar-refractivity contribution in [3.63, 3.8) is 0 Å². The third-order valence-electron chi connectivity index (χ3n) is 4.15. The number of carboxylic acids is 1. The first-order valence-electron chi connectivity index (χ1n) is 7.81. The Morgan fingerprint density at radius 2 is 2.16 bits per heavy atom. The molecule has 2 heterocycles. The van der Waals surface area contributed by atoms with Crippen LogP contribution in [-0.4, -0.2) is 38.7 Å². The minimum absolute atomic E-state index is 0.0463. The van der Waals surface area contributed by atoms with Crippen LogP contribution in [0, 0.1) is 0 Å². The molecule has 134 valence electrons. The smallest absolute Gasteiger partial charge is 0.416 e. The average molecular weight is 355 g/mol. The summed E-state index contributed by atoms with van der Waals surface area (Å²) >= 11 is 0. The molecule has 1 aromatic carbocycles. The fourth-order valence-corrected chi connectivity index (χ4v) is 2.90. The van der Waals surface area contributed by atoms with E-state index in [0.717, 1.165) is 25.0 Å². The van der Waals surface area contributed by atoms with Gasteiger partial charge in [-0.15, -0.1) is 0 Å². The second kappa shape index (κ2) is 6.83. The summed E-state index contributed by atoms with van der Waals surface area (Å²) in [4.78, 5) is 17.1. The van der Waals surface area contributed by atoms with Gasteiger partial charge in [0.25, 0.3) is 0 Å². The number of alkyl halides is 3. The van der Waals surface area contributed by atoms with Crippen LogP contribution in [0.4, 0.5) is 13.2 Å². The Bertz CT molecular complexity index is 760. The second-order valence-corrected chi connectivity index (χ2v) is 5.91. The molecular formula is C16H16F3N3O3. The summed E-state index contributed by atoms with van der Waals surface area (Å²) in [6, 6.07) is 4.05. The minimum atomic E-state index is -4.45. The SMILES string of the molecule is O=C(O)C1CCCCN1Cc1nc(-c2cccc(C(F)(F)F)c2)no1. The van der Waals surface area contributed by atoms with Gasteiger partial charge in [-0.05, 0) is 31.5 Å². The number of rotatable bonds is 4. The van der Waals surface area contributed by atoms with E-state index in [2.05, 4.69) is 10.1 Å². The molecule has 1 atom stereocenters. The predicted molar refractivity (Wildman–Crippen MR) is 80.4 cm³/mol. The zero-order valence-electron chi connectivity index (χ0n) is 13.2. The molecule has 0 bridgehead atoms. The lowest BCUT2D eigenvalue weighted by Crippen LogP contribution is -2.44. The van der Waals surface area contributed by atoms with Crippen LogP contribution in [0.25, 0.3) is 11.4 Å². The van der Waals surface area contributed by atoms with E-state index in [4.69, 9.17) is 4.52 Å². The molecule has 0 radical (unpaired) electrons. The van der Waals surface area contributed by atoms with E-state index < -0.39 is 23.8 Å². The molecule has 1 aliphatic rings. The summed E-state index contributed by atoms with van der Waals surface area (Å²) in [7, 11) is 0. The number of nitrogens with zero attached hydrogens (tertiary/aromatic N) is 3. The number of likely N-dealkylation sites (tertiary alicyclic amines) is 1. The molecule has 1 aromatic heterocycles. The number of benzene rings is 1. The molecule has 0 saturated carbocycles. The molecule has 2 aromatic rings. The number of hydrogen-bond donors (Lipinski definition) is 1. The molecule has 25 heavy (non-hydrogen) atoms. The Hall–Kier alpha value is -2.42. The van der Waals surface area contributed by atoms with Crippen molar-refractivity contribution in [1.82, 2.24) is 15.0 Å². The maximum absolute atomic E-state index is 12.8. The first-order valence-corrected chi connectivity index (χ1v) is 7.81. The molecule has 0 spiro atoms. The zero-order chi connectivity index (χ0) is 18.0. The highest BCUT2D eigenvalue weighted by Gasteiger charge is 2.31. The molecule has 0 aliphatic carbocycles. The Kier molecular flexibility index (Phi) is 4.76. The predicted octanol–water partition coefficient (Wildman–Crippen LogP) is 3.19. The Morgan fingerprint density at radius 1 is 1.36 bits per heavy atom. The van der Waals surface area contributed by atoms with Crippen LogP contribution < -0.4 is 0 Å². The van der Waals surface area contributed by atoms with Crippen molar-refractivity contribution in [2.45, 2.75) is 38.0 Å². The van der Waals surface area contributed by atoms with Crippen molar-refractivity contribution in [3.8, 4) is 11.4 Å². The minimum Gasteiger partial charge on any atom is -0.480 e. The molecule has 1 fully saturated rings. The number of aromatic nitrogens is 2.